The number of hydrogen-bond donors (Lipinski definition) is 1. The predicted molar refractivity (Wildman–Crippen MR) is 136 cm³/mol. The molecule has 0 radical (unpaired) electrons. The lowest BCUT2D eigenvalue weighted by molar-refractivity contribution is -0.121. The number of benzene rings is 3. The Kier molecular flexibility index (Phi) is 8.61. The van der Waals surface area contributed by atoms with Crippen molar-refractivity contribution in [3.8, 4) is 0 Å². The molecule has 1 N–H and O–H groups in total. The van der Waals surface area contributed by atoms with Crippen LogP contribution < -0.4 is 5.43 Å². The van der Waals surface area contributed by atoms with Gasteiger partial charge in [-0.3, -0.25) is 4.79 Å². The molecular formula is C26H28ClN3O3S. The molecule has 0 fully saturated rings. The van der Waals surface area contributed by atoms with Gasteiger partial charge in [-0.1, -0.05) is 79.5 Å². The van der Waals surface area contributed by atoms with E-state index in [9.17, 15) is 13.2 Å². The second-order valence-electron chi connectivity index (χ2n) is 8.33. The molecule has 1 amide bonds. The molecule has 0 spiro atoms. The summed E-state index contributed by atoms with van der Waals surface area (Å²) in [6, 6.07) is 21.2. The number of amides is 1. The van der Waals surface area contributed by atoms with Crippen LogP contribution in [0.2, 0.25) is 5.02 Å². The van der Waals surface area contributed by atoms with E-state index in [1.54, 1.807) is 36.4 Å². The summed E-state index contributed by atoms with van der Waals surface area (Å²) in [5, 5.41) is 4.54. The van der Waals surface area contributed by atoms with Gasteiger partial charge in [-0.15, -0.1) is 0 Å². The van der Waals surface area contributed by atoms with Gasteiger partial charge in [-0.2, -0.15) is 9.41 Å². The summed E-state index contributed by atoms with van der Waals surface area (Å²) in [5.74, 6) is -0.118. The van der Waals surface area contributed by atoms with Crippen molar-refractivity contribution in [3.63, 3.8) is 0 Å². The van der Waals surface area contributed by atoms with Crippen LogP contribution in [0.1, 0.15) is 42.0 Å². The summed E-state index contributed by atoms with van der Waals surface area (Å²) in [7, 11) is -3.92. The van der Waals surface area contributed by atoms with Crippen LogP contribution in [0, 0.1) is 6.92 Å². The number of hydrogen-bond acceptors (Lipinski definition) is 4. The minimum absolute atomic E-state index is 0.0151. The van der Waals surface area contributed by atoms with Crippen LogP contribution in [-0.2, 0) is 21.4 Å². The first-order valence-electron chi connectivity index (χ1n) is 10.9. The Morgan fingerprint density at radius 1 is 1.00 bits per heavy atom. The Bertz CT molecular complexity index is 1240. The zero-order valence-corrected chi connectivity index (χ0v) is 21.0. The Morgan fingerprint density at radius 3 is 2.21 bits per heavy atom. The average Bonchev–Trinajstić information content (AvgIpc) is 2.80. The molecule has 0 aromatic heterocycles. The Morgan fingerprint density at radius 2 is 1.62 bits per heavy atom. The molecule has 0 saturated carbocycles. The Labute approximate surface area is 206 Å². The fourth-order valence-corrected chi connectivity index (χ4v) is 4.73. The number of halogens is 1. The van der Waals surface area contributed by atoms with Gasteiger partial charge in [0, 0.05) is 11.6 Å². The van der Waals surface area contributed by atoms with E-state index in [1.165, 1.54) is 23.9 Å². The molecule has 3 aromatic rings. The molecule has 0 unspecified atom stereocenters. The van der Waals surface area contributed by atoms with Gasteiger partial charge in [-0.25, -0.2) is 13.8 Å². The second kappa shape index (κ2) is 11.4. The lowest BCUT2D eigenvalue weighted by Gasteiger charge is -2.21. The molecule has 34 heavy (non-hydrogen) atoms. The van der Waals surface area contributed by atoms with Crippen molar-refractivity contribution in [3.05, 3.63) is 100 Å². The molecule has 178 valence electrons. The van der Waals surface area contributed by atoms with E-state index < -0.39 is 15.9 Å². The van der Waals surface area contributed by atoms with Gasteiger partial charge < -0.3 is 0 Å². The van der Waals surface area contributed by atoms with Crippen LogP contribution in [0.15, 0.2) is 82.8 Å². The van der Waals surface area contributed by atoms with E-state index in [4.69, 9.17) is 11.6 Å². The summed E-state index contributed by atoms with van der Waals surface area (Å²) in [6.45, 7) is 5.74. The van der Waals surface area contributed by atoms with E-state index in [0.717, 1.165) is 15.4 Å². The number of carbonyl (C=O) groups excluding carboxylic acids is 1. The smallest absolute Gasteiger partial charge is 0.255 e. The molecule has 0 aliphatic rings. The molecule has 0 bridgehead atoms. The van der Waals surface area contributed by atoms with Gasteiger partial charge in [0.25, 0.3) is 5.91 Å². The number of nitrogens with zero attached hydrogens (tertiary/aromatic N) is 2. The van der Waals surface area contributed by atoms with Crippen molar-refractivity contribution in [1.82, 2.24) is 9.73 Å². The minimum atomic E-state index is -3.92. The Balaban J connectivity index is 1.75. The third kappa shape index (κ3) is 7.00. The van der Waals surface area contributed by atoms with Gasteiger partial charge in [0.15, 0.2) is 0 Å². The van der Waals surface area contributed by atoms with Crippen molar-refractivity contribution in [2.45, 2.75) is 38.1 Å². The molecule has 0 heterocycles. The summed E-state index contributed by atoms with van der Waals surface area (Å²) in [6.07, 6.45) is 1.53. The predicted octanol–water partition coefficient (Wildman–Crippen LogP) is 5.11. The Hall–Kier alpha value is -3.00. The number of rotatable bonds is 9. The largest absolute Gasteiger partial charge is 0.272 e. The van der Waals surface area contributed by atoms with E-state index in [2.05, 4.69) is 24.4 Å². The van der Waals surface area contributed by atoms with E-state index in [1.807, 2.05) is 31.2 Å². The van der Waals surface area contributed by atoms with Gasteiger partial charge in [0.2, 0.25) is 10.0 Å². The number of carbonyl (C=O) groups is 1. The van der Waals surface area contributed by atoms with Crippen LogP contribution in [0.4, 0.5) is 0 Å². The molecule has 3 aromatic carbocycles. The summed E-state index contributed by atoms with van der Waals surface area (Å²) in [5.41, 5.74) is 6.12. The SMILES string of the molecule is Cc1ccc(S(=O)(=O)N(CC(=O)NN=Cc2ccc(C(C)C)cc2)Cc2ccc(Cl)cc2)cc1. The number of sulfonamides is 1. The normalized spacial score (nSPS) is 11.9. The fraction of sp³-hybridized carbons (Fsp3) is 0.231. The first kappa shape index (κ1) is 25.6. The number of hydrazone groups is 1. The number of nitrogens with one attached hydrogen (secondary N) is 1. The molecule has 3 rings (SSSR count). The van der Waals surface area contributed by atoms with Crippen molar-refractivity contribution in [2.75, 3.05) is 6.54 Å². The van der Waals surface area contributed by atoms with E-state index >= 15 is 0 Å². The maximum Gasteiger partial charge on any atom is 0.255 e. The lowest BCUT2D eigenvalue weighted by atomic mass is 10.0. The third-order valence-corrected chi connectivity index (χ3v) is 7.31. The standard InChI is InChI=1S/C26H28ClN3O3S/c1-19(2)23-10-6-21(7-11-23)16-28-29-26(31)18-30(17-22-8-12-24(27)13-9-22)34(32,33)25-14-4-20(3)5-15-25/h4-16,19H,17-18H2,1-3H3,(H,29,31). The lowest BCUT2D eigenvalue weighted by Crippen LogP contribution is -2.39. The molecule has 8 heteroatoms. The summed E-state index contributed by atoms with van der Waals surface area (Å²) < 4.78 is 27.8. The highest BCUT2D eigenvalue weighted by Gasteiger charge is 2.27. The molecule has 6 nitrogen and oxygen atoms in total. The average molecular weight is 498 g/mol. The maximum atomic E-state index is 13.3. The van der Waals surface area contributed by atoms with Crippen molar-refractivity contribution < 1.29 is 13.2 Å². The molecule has 0 aliphatic heterocycles. The highest BCUT2D eigenvalue weighted by Crippen LogP contribution is 2.20. The first-order valence-corrected chi connectivity index (χ1v) is 12.7. The van der Waals surface area contributed by atoms with Gasteiger partial charge in [-0.05, 0) is 53.8 Å². The van der Waals surface area contributed by atoms with Gasteiger partial charge >= 0.3 is 0 Å². The molecule has 0 atom stereocenters. The molecule has 0 aliphatic carbocycles. The first-order chi connectivity index (χ1) is 16.1. The highest BCUT2D eigenvalue weighted by molar-refractivity contribution is 7.89. The van der Waals surface area contributed by atoms with Gasteiger partial charge in [0.1, 0.15) is 0 Å². The van der Waals surface area contributed by atoms with E-state index in [-0.39, 0.29) is 18.0 Å². The molecular weight excluding hydrogens is 470 g/mol. The van der Waals surface area contributed by atoms with Crippen molar-refractivity contribution >= 4 is 33.7 Å². The van der Waals surface area contributed by atoms with Crippen LogP contribution in [-0.4, -0.2) is 31.4 Å². The van der Waals surface area contributed by atoms with Crippen LogP contribution in [0.3, 0.4) is 0 Å². The van der Waals surface area contributed by atoms with Gasteiger partial charge in [0.05, 0.1) is 17.7 Å². The number of aryl methyl sites for hydroxylation is 1. The quantitative estimate of drug-likeness (QED) is 0.329. The van der Waals surface area contributed by atoms with Crippen LogP contribution in [0.5, 0.6) is 0 Å². The van der Waals surface area contributed by atoms with E-state index in [0.29, 0.717) is 16.5 Å². The minimum Gasteiger partial charge on any atom is -0.272 e. The topological polar surface area (TPSA) is 78.8 Å². The second-order valence-corrected chi connectivity index (χ2v) is 10.7. The zero-order chi connectivity index (χ0) is 24.7. The molecule has 0 saturated heterocycles. The highest BCUT2D eigenvalue weighted by atomic mass is 35.5. The summed E-state index contributed by atoms with van der Waals surface area (Å²) in [4.78, 5) is 12.7. The third-order valence-electron chi connectivity index (χ3n) is 5.26. The van der Waals surface area contributed by atoms with Crippen molar-refractivity contribution in [1.29, 1.82) is 0 Å². The fourth-order valence-electron chi connectivity index (χ4n) is 3.22. The maximum absolute atomic E-state index is 13.3. The summed E-state index contributed by atoms with van der Waals surface area (Å²) >= 11 is 5.95. The zero-order valence-electron chi connectivity index (χ0n) is 19.4. The van der Waals surface area contributed by atoms with Crippen LogP contribution >= 0.6 is 11.6 Å². The monoisotopic (exact) mass is 497 g/mol. The van der Waals surface area contributed by atoms with Crippen LogP contribution in [0.25, 0.3) is 0 Å². The van der Waals surface area contributed by atoms with Crippen molar-refractivity contribution in [2.24, 2.45) is 5.10 Å².